The summed E-state index contributed by atoms with van der Waals surface area (Å²) in [6.45, 7) is 4.50. The average Bonchev–Trinajstić information content (AvgIpc) is 2.36. The Kier molecular flexibility index (Phi) is 5.50. The standard InChI is InChI=1S/C14H20.H2O2/c1-11-7-6-10-14(12(11)2)13-8-4-3-5-9-13;1-2/h6-7,10,13H,3-5,8-9H2,1-2H3;1-2H. The Labute approximate surface area is 97.9 Å². The molecule has 16 heavy (non-hydrogen) atoms. The Balaban J connectivity index is 0.000000606. The molecule has 0 aliphatic heterocycles. The van der Waals surface area contributed by atoms with E-state index >= 15 is 0 Å². The Morgan fingerprint density at radius 3 is 2.25 bits per heavy atom. The summed E-state index contributed by atoms with van der Waals surface area (Å²) in [5, 5.41) is 12.0. The van der Waals surface area contributed by atoms with Gasteiger partial charge in [0, 0.05) is 0 Å². The molecule has 0 bridgehead atoms. The summed E-state index contributed by atoms with van der Waals surface area (Å²) in [4.78, 5) is 0. The van der Waals surface area contributed by atoms with Crippen molar-refractivity contribution in [2.45, 2.75) is 51.9 Å². The molecule has 0 radical (unpaired) electrons. The van der Waals surface area contributed by atoms with Gasteiger partial charge in [-0.15, -0.1) is 0 Å². The molecule has 1 aliphatic carbocycles. The predicted octanol–water partition coefficient (Wildman–Crippen LogP) is 4.37. The Bertz CT molecular complexity index is 315. The summed E-state index contributed by atoms with van der Waals surface area (Å²) >= 11 is 0. The highest BCUT2D eigenvalue weighted by atomic mass is 17.0. The van der Waals surface area contributed by atoms with Crippen molar-refractivity contribution in [1.82, 2.24) is 0 Å². The Hall–Kier alpha value is -0.860. The molecule has 1 fully saturated rings. The van der Waals surface area contributed by atoms with Crippen LogP contribution in [0.3, 0.4) is 0 Å². The minimum absolute atomic E-state index is 0.851. The van der Waals surface area contributed by atoms with Gasteiger partial charge in [-0.2, -0.15) is 0 Å². The molecular weight excluding hydrogens is 200 g/mol. The predicted molar refractivity (Wildman–Crippen MR) is 67.0 cm³/mol. The van der Waals surface area contributed by atoms with E-state index in [4.69, 9.17) is 10.5 Å². The molecule has 0 atom stereocenters. The molecule has 0 heterocycles. The van der Waals surface area contributed by atoms with Crippen molar-refractivity contribution >= 4 is 0 Å². The molecule has 0 aromatic heterocycles. The molecule has 2 heteroatoms. The Morgan fingerprint density at radius 2 is 1.62 bits per heavy atom. The van der Waals surface area contributed by atoms with Gasteiger partial charge in [-0.1, -0.05) is 37.5 Å². The maximum absolute atomic E-state index is 6.00. The van der Waals surface area contributed by atoms with Gasteiger partial charge in [0.15, 0.2) is 0 Å². The van der Waals surface area contributed by atoms with Crippen molar-refractivity contribution < 1.29 is 10.5 Å². The maximum atomic E-state index is 6.00. The Morgan fingerprint density at radius 1 is 1.00 bits per heavy atom. The van der Waals surface area contributed by atoms with Crippen molar-refractivity contribution in [3.8, 4) is 0 Å². The highest BCUT2D eigenvalue weighted by molar-refractivity contribution is 5.35. The van der Waals surface area contributed by atoms with Crippen molar-refractivity contribution in [1.29, 1.82) is 0 Å². The average molecular weight is 222 g/mol. The van der Waals surface area contributed by atoms with Crippen LogP contribution in [0.4, 0.5) is 0 Å². The molecule has 1 aromatic carbocycles. The van der Waals surface area contributed by atoms with Crippen LogP contribution < -0.4 is 0 Å². The van der Waals surface area contributed by atoms with Crippen molar-refractivity contribution in [3.05, 3.63) is 34.9 Å². The van der Waals surface area contributed by atoms with E-state index in [0.717, 1.165) is 5.92 Å². The molecule has 1 aliphatic rings. The van der Waals surface area contributed by atoms with Gasteiger partial charge in [0.2, 0.25) is 0 Å². The summed E-state index contributed by atoms with van der Waals surface area (Å²) in [6, 6.07) is 6.77. The van der Waals surface area contributed by atoms with Crippen LogP contribution in [0.1, 0.15) is 54.7 Å². The molecule has 90 valence electrons. The molecule has 2 N–H and O–H groups in total. The second kappa shape index (κ2) is 6.66. The van der Waals surface area contributed by atoms with E-state index in [-0.39, 0.29) is 0 Å². The van der Waals surface area contributed by atoms with Crippen LogP contribution in [0.5, 0.6) is 0 Å². The quantitative estimate of drug-likeness (QED) is 0.547. The van der Waals surface area contributed by atoms with E-state index < -0.39 is 0 Å². The van der Waals surface area contributed by atoms with E-state index in [2.05, 4.69) is 32.0 Å². The summed E-state index contributed by atoms with van der Waals surface area (Å²) in [6.07, 6.45) is 7.12. The fourth-order valence-electron chi connectivity index (χ4n) is 2.63. The zero-order valence-electron chi connectivity index (χ0n) is 10.2. The van der Waals surface area contributed by atoms with Crippen LogP contribution in [0, 0.1) is 13.8 Å². The maximum Gasteiger partial charge on any atom is -0.0159 e. The van der Waals surface area contributed by atoms with Gasteiger partial charge >= 0.3 is 0 Å². The number of hydrogen-bond acceptors (Lipinski definition) is 2. The summed E-state index contributed by atoms with van der Waals surface area (Å²) in [7, 11) is 0. The second-order valence-electron chi connectivity index (χ2n) is 4.62. The lowest BCUT2D eigenvalue weighted by atomic mass is 9.81. The molecular formula is C14H22O2. The van der Waals surface area contributed by atoms with Gasteiger partial charge < -0.3 is 0 Å². The molecule has 0 amide bonds. The minimum Gasteiger partial charge on any atom is -0.255 e. The lowest BCUT2D eigenvalue weighted by Crippen LogP contribution is -2.06. The molecule has 0 saturated heterocycles. The first-order valence-electron chi connectivity index (χ1n) is 6.05. The van der Waals surface area contributed by atoms with Crippen LogP contribution in [0.15, 0.2) is 18.2 Å². The van der Waals surface area contributed by atoms with E-state index in [1.54, 1.807) is 5.56 Å². The molecule has 0 spiro atoms. The number of hydrogen-bond donors (Lipinski definition) is 2. The first-order valence-corrected chi connectivity index (χ1v) is 6.05. The smallest absolute Gasteiger partial charge is 0.0159 e. The van der Waals surface area contributed by atoms with Gasteiger partial charge in [-0.05, 0) is 49.3 Å². The van der Waals surface area contributed by atoms with Crippen LogP contribution in [-0.4, -0.2) is 10.5 Å². The van der Waals surface area contributed by atoms with Crippen molar-refractivity contribution in [2.24, 2.45) is 0 Å². The van der Waals surface area contributed by atoms with Gasteiger partial charge in [0.25, 0.3) is 0 Å². The first kappa shape index (κ1) is 13.2. The van der Waals surface area contributed by atoms with Crippen molar-refractivity contribution in [3.63, 3.8) is 0 Å². The summed E-state index contributed by atoms with van der Waals surface area (Å²) in [5.41, 5.74) is 4.59. The number of aryl methyl sites for hydroxylation is 1. The van der Waals surface area contributed by atoms with E-state index in [1.807, 2.05) is 0 Å². The van der Waals surface area contributed by atoms with E-state index in [9.17, 15) is 0 Å². The number of benzene rings is 1. The first-order chi connectivity index (χ1) is 7.79. The van der Waals surface area contributed by atoms with Gasteiger partial charge in [-0.3, -0.25) is 10.5 Å². The topological polar surface area (TPSA) is 40.5 Å². The van der Waals surface area contributed by atoms with Gasteiger partial charge in [-0.25, -0.2) is 0 Å². The largest absolute Gasteiger partial charge is 0.255 e. The van der Waals surface area contributed by atoms with Gasteiger partial charge in [0.1, 0.15) is 0 Å². The molecule has 1 aromatic rings. The fraction of sp³-hybridized carbons (Fsp3) is 0.571. The highest BCUT2D eigenvalue weighted by Gasteiger charge is 2.17. The SMILES string of the molecule is Cc1cccc(C2CCCCC2)c1C.OO. The monoisotopic (exact) mass is 222 g/mol. The summed E-state index contributed by atoms with van der Waals surface area (Å²) in [5.74, 6) is 0.851. The molecule has 2 nitrogen and oxygen atoms in total. The minimum atomic E-state index is 0.851. The molecule has 0 unspecified atom stereocenters. The lowest BCUT2D eigenvalue weighted by molar-refractivity contribution is -0.176. The molecule has 1 saturated carbocycles. The van der Waals surface area contributed by atoms with Crippen LogP contribution in [-0.2, 0) is 0 Å². The third-order valence-corrected chi connectivity index (χ3v) is 3.69. The zero-order chi connectivity index (χ0) is 12.0. The van der Waals surface area contributed by atoms with Crippen molar-refractivity contribution in [2.75, 3.05) is 0 Å². The lowest BCUT2D eigenvalue weighted by Gasteiger charge is -2.24. The van der Waals surface area contributed by atoms with Crippen LogP contribution >= 0.6 is 0 Å². The fourth-order valence-corrected chi connectivity index (χ4v) is 2.63. The second-order valence-corrected chi connectivity index (χ2v) is 4.62. The van der Waals surface area contributed by atoms with Gasteiger partial charge in [0.05, 0.1) is 0 Å². The van der Waals surface area contributed by atoms with E-state index in [1.165, 1.54) is 43.2 Å². The third-order valence-electron chi connectivity index (χ3n) is 3.69. The van der Waals surface area contributed by atoms with Crippen LogP contribution in [0.2, 0.25) is 0 Å². The molecule has 2 rings (SSSR count). The normalized spacial score (nSPS) is 16.5. The summed E-state index contributed by atoms with van der Waals surface area (Å²) < 4.78 is 0. The van der Waals surface area contributed by atoms with Crippen LogP contribution in [0.25, 0.3) is 0 Å². The number of rotatable bonds is 1. The highest BCUT2D eigenvalue weighted by Crippen LogP contribution is 2.34. The van der Waals surface area contributed by atoms with E-state index in [0.29, 0.717) is 0 Å². The third kappa shape index (κ3) is 3.06. The zero-order valence-corrected chi connectivity index (χ0v) is 10.2.